The van der Waals surface area contributed by atoms with Gasteiger partial charge in [0, 0.05) is 0 Å². The maximum Gasteiger partial charge on any atom is 0.232 e. The molecule has 0 bridgehead atoms. The average molecular weight is 322 g/mol. The number of allylic oxidation sites excluding steroid dienone is 6. The van der Waals surface area contributed by atoms with Crippen LogP contribution in [0.5, 0.6) is 0 Å². The van der Waals surface area contributed by atoms with Gasteiger partial charge in [-0.2, -0.15) is 0 Å². The Balaban J connectivity index is 1.61. The number of hydrogen-bond acceptors (Lipinski definition) is 4. The van der Waals surface area contributed by atoms with Gasteiger partial charge in [-0.1, -0.05) is 48.6 Å². The van der Waals surface area contributed by atoms with E-state index in [1.807, 2.05) is 48.6 Å². The molecule has 2 N–H and O–H groups in total. The van der Waals surface area contributed by atoms with E-state index in [1.54, 1.807) is 0 Å². The van der Waals surface area contributed by atoms with Crippen LogP contribution in [0.4, 0.5) is 11.6 Å². The number of aromatic nitrogens is 2. The minimum atomic E-state index is -0.214. The highest BCUT2D eigenvalue weighted by molar-refractivity contribution is 5.95. The van der Waals surface area contributed by atoms with Gasteiger partial charge in [0.1, 0.15) is 0 Å². The van der Waals surface area contributed by atoms with Crippen molar-refractivity contribution in [2.45, 2.75) is 12.8 Å². The largest absolute Gasteiger partial charge is 0.309 e. The minimum Gasteiger partial charge on any atom is -0.309 e. The van der Waals surface area contributed by atoms with Crippen molar-refractivity contribution in [2.75, 3.05) is 10.6 Å². The zero-order valence-corrected chi connectivity index (χ0v) is 13.1. The van der Waals surface area contributed by atoms with E-state index in [-0.39, 0.29) is 23.7 Å². The van der Waals surface area contributed by atoms with E-state index in [9.17, 15) is 9.59 Å². The standard InChI is InChI=1S/C18H18N4O2/c23-17(13-7-3-1-4-8-13)21-15-11-19-12-16(20-15)22-18(24)14-9-5-2-6-10-14/h1-7,9,11-14H,8,10H2,(H2,20,21,22,23,24). The third-order valence-corrected chi connectivity index (χ3v) is 3.77. The first-order chi connectivity index (χ1) is 11.7. The van der Waals surface area contributed by atoms with Crippen LogP contribution in [0.15, 0.2) is 61.0 Å². The molecule has 2 aliphatic carbocycles. The first-order valence-corrected chi connectivity index (χ1v) is 7.83. The molecule has 0 saturated heterocycles. The molecular weight excluding hydrogens is 304 g/mol. The number of carbonyl (C=O) groups is 2. The lowest BCUT2D eigenvalue weighted by molar-refractivity contribution is -0.119. The molecule has 0 saturated carbocycles. The SMILES string of the molecule is O=C(Nc1cncc(NC(=O)C2C=CC=CC2)n1)C1C=CC=CC1. The van der Waals surface area contributed by atoms with Gasteiger partial charge in [0.15, 0.2) is 11.6 Å². The molecule has 122 valence electrons. The van der Waals surface area contributed by atoms with Crippen LogP contribution >= 0.6 is 0 Å². The van der Waals surface area contributed by atoms with Crippen molar-refractivity contribution in [3.8, 4) is 0 Å². The highest BCUT2D eigenvalue weighted by atomic mass is 16.2. The van der Waals surface area contributed by atoms with Gasteiger partial charge in [-0.25, -0.2) is 4.98 Å². The summed E-state index contributed by atoms with van der Waals surface area (Å²) in [5.74, 6) is -0.0782. The van der Waals surface area contributed by atoms with E-state index in [2.05, 4.69) is 20.6 Å². The van der Waals surface area contributed by atoms with Gasteiger partial charge in [-0.3, -0.25) is 14.6 Å². The van der Waals surface area contributed by atoms with Gasteiger partial charge in [0.25, 0.3) is 0 Å². The molecular formula is C18H18N4O2. The second kappa shape index (κ2) is 7.50. The maximum absolute atomic E-state index is 12.2. The quantitative estimate of drug-likeness (QED) is 0.892. The second-order valence-corrected chi connectivity index (χ2v) is 5.58. The Bertz CT molecular complexity index is 690. The van der Waals surface area contributed by atoms with Gasteiger partial charge >= 0.3 is 0 Å². The topological polar surface area (TPSA) is 84.0 Å². The van der Waals surface area contributed by atoms with Crippen LogP contribution in [0.1, 0.15) is 12.8 Å². The van der Waals surface area contributed by atoms with Crippen molar-refractivity contribution in [1.82, 2.24) is 9.97 Å². The predicted molar refractivity (Wildman–Crippen MR) is 92.1 cm³/mol. The number of hydrogen-bond donors (Lipinski definition) is 2. The first kappa shape index (κ1) is 15.9. The van der Waals surface area contributed by atoms with Gasteiger partial charge in [0.05, 0.1) is 24.2 Å². The monoisotopic (exact) mass is 322 g/mol. The molecule has 1 aromatic heterocycles. The molecule has 6 heteroatoms. The Morgan fingerprint density at radius 2 is 1.33 bits per heavy atom. The summed E-state index contributed by atoms with van der Waals surface area (Å²) in [5, 5.41) is 5.46. The van der Waals surface area contributed by atoms with E-state index in [4.69, 9.17) is 0 Å². The molecule has 24 heavy (non-hydrogen) atoms. The lowest BCUT2D eigenvalue weighted by Crippen LogP contribution is -2.24. The maximum atomic E-state index is 12.2. The minimum absolute atomic E-state index is 0.145. The van der Waals surface area contributed by atoms with E-state index in [1.165, 1.54) is 12.4 Å². The number of nitrogens with zero attached hydrogens (tertiary/aromatic N) is 2. The Kier molecular flexibility index (Phi) is 4.96. The second-order valence-electron chi connectivity index (χ2n) is 5.58. The van der Waals surface area contributed by atoms with E-state index < -0.39 is 0 Å². The molecule has 0 fully saturated rings. The Morgan fingerprint density at radius 1 is 0.833 bits per heavy atom. The van der Waals surface area contributed by atoms with Gasteiger partial charge in [-0.15, -0.1) is 0 Å². The number of carbonyl (C=O) groups excluding carboxylic acids is 2. The van der Waals surface area contributed by atoms with Gasteiger partial charge in [0.2, 0.25) is 11.8 Å². The van der Waals surface area contributed by atoms with Crippen molar-refractivity contribution in [2.24, 2.45) is 11.8 Å². The molecule has 0 aliphatic heterocycles. The number of amides is 2. The summed E-state index contributed by atoms with van der Waals surface area (Å²) in [6.45, 7) is 0. The Labute approximate surface area is 140 Å². The van der Waals surface area contributed by atoms with Crippen molar-refractivity contribution < 1.29 is 9.59 Å². The summed E-state index contributed by atoms with van der Waals surface area (Å²) in [5.41, 5.74) is 0. The number of nitrogens with one attached hydrogen (secondary N) is 2. The van der Waals surface area contributed by atoms with Crippen molar-refractivity contribution in [3.05, 3.63) is 61.0 Å². The predicted octanol–water partition coefficient (Wildman–Crippen LogP) is 2.62. The fourth-order valence-corrected chi connectivity index (χ4v) is 2.47. The molecule has 3 rings (SSSR count). The van der Waals surface area contributed by atoms with Crippen LogP contribution in [-0.2, 0) is 9.59 Å². The zero-order chi connectivity index (χ0) is 16.8. The van der Waals surface area contributed by atoms with Crippen LogP contribution in [-0.4, -0.2) is 21.8 Å². The molecule has 0 spiro atoms. The van der Waals surface area contributed by atoms with Crippen molar-refractivity contribution in [3.63, 3.8) is 0 Å². The van der Waals surface area contributed by atoms with Crippen LogP contribution in [0.3, 0.4) is 0 Å². The molecule has 2 atom stereocenters. The Morgan fingerprint density at radius 3 is 1.75 bits per heavy atom. The van der Waals surface area contributed by atoms with Gasteiger partial charge in [-0.05, 0) is 12.8 Å². The highest BCUT2D eigenvalue weighted by Crippen LogP contribution is 2.16. The molecule has 2 amide bonds. The summed E-state index contributed by atoms with van der Waals surface area (Å²) in [6, 6.07) is 0. The fourth-order valence-electron chi connectivity index (χ4n) is 2.47. The van der Waals surface area contributed by atoms with E-state index in [0.29, 0.717) is 24.5 Å². The lowest BCUT2D eigenvalue weighted by atomic mass is 10.0. The molecule has 6 nitrogen and oxygen atoms in total. The summed E-state index contributed by atoms with van der Waals surface area (Å²) in [7, 11) is 0. The first-order valence-electron chi connectivity index (χ1n) is 7.83. The molecule has 1 aromatic rings. The van der Waals surface area contributed by atoms with Gasteiger partial charge < -0.3 is 10.6 Å². The third kappa shape index (κ3) is 4.04. The van der Waals surface area contributed by atoms with E-state index in [0.717, 1.165) is 0 Å². The summed E-state index contributed by atoms with van der Waals surface area (Å²) >= 11 is 0. The van der Waals surface area contributed by atoms with Crippen LogP contribution in [0.2, 0.25) is 0 Å². The molecule has 1 heterocycles. The van der Waals surface area contributed by atoms with Crippen molar-refractivity contribution in [1.29, 1.82) is 0 Å². The molecule has 2 aliphatic rings. The zero-order valence-electron chi connectivity index (χ0n) is 13.1. The van der Waals surface area contributed by atoms with Crippen LogP contribution < -0.4 is 10.6 Å². The highest BCUT2D eigenvalue weighted by Gasteiger charge is 2.18. The van der Waals surface area contributed by atoms with Crippen LogP contribution in [0.25, 0.3) is 0 Å². The van der Waals surface area contributed by atoms with Crippen LogP contribution in [0, 0.1) is 11.8 Å². The third-order valence-electron chi connectivity index (χ3n) is 3.77. The molecule has 0 radical (unpaired) electrons. The fraction of sp³-hybridized carbons (Fsp3) is 0.222. The summed E-state index contributed by atoms with van der Waals surface area (Å²) in [4.78, 5) is 32.6. The normalized spacial score (nSPS) is 21.5. The smallest absolute Gasteiger partial charge is 0.232 e. The van der Waals surface area contributed by atoms with Crippen molar-refractivity contribution >= 4 is 23.5 Å². The molecule has 0 aromatic carbocycles. The average Bonchev–Trinajstić information content (AvgIpc) is 2.63. The number of rotatable bonds is 4. The molecule has 2 unspecified atom stereocenters. The summed E-state index contributed by atoms with van der Waals surface area (Å²) < 4.78 is 0. The van der Waals surface area contributed by atoms with E-state index >= 15 is 0 Å². The Hall–Kier alpha value is -3.02. The lowest BCUT2D eigenvalue weighted by Gasteiger charge is -2.14. The number of anilines is 2. The summed E-state index contributed by atoms with van der Waals surface area (Å²) in [6.07, 6.45) is 19.3.